The Morgan fingerprint density at radius 1 is 1.31 bits per heavy atom. The maximum atomic E-state index is 9.81. The number of thiol groups is 1. The number of aromatic hydroxyl groups is 1. The van der Waals surface area contributed by atoms with Gasteiger partial charge in [-0.1, -0.05) is 39.0 Å². The SMILES string of the molecule is CC(C)(C)c1cc(C=CCCS)ccc1O. The van der Waals surface area contributed by atoms with Gasteiger partial charge in [0.1, 0.15) is 5.75 Å². The van der Waals surface area contributed by atoms with Crippen LogP contribution >= 0.6 is 12.6 Å². The molecular formula is C14H20OS. The molecule has 0 aliphatic rings. The summed E-state index contributed by atoms with van der Waals surface area (Å²) in [4.78, 5) is 0. The molecular weight excluding hydrogens is 216 g/mol. The van der Waals surface area contributed by atoms with Crippen LogP contribution in [0.4, 0.5) is 0 Å². The largest absolute Gasteiger partial charge is 0.508 e. The second-order valence-electron chi connectivity index (χ2n) is 4.94. The van der Waals surface area contributed by atoms with Crippen molar-refractivity contribution >= 4 is 18.7 Å². The van der Waals surface area contributed by atoms with E-state index in [-0.39, 0.29) is 5.41 Å². The fourth-order valence-corrected chi connectivity index (χ4v) is 1.70. The van der Waals surface area contributed by atoms with Crippen LogP contribution in [0, 0.1) is 0 Å². The summed E-state index contributed by atoms with van der Waals surface area (Å²) in [6, 6.07) is 5.74. The van der Waals surface area contributed by atoms with Crippen LogP contribution in [0.1, 0.15) is 38.3 Å². The van der Waals surface area contributed by atoms with Crippen molar-refractivity contribution in [1.82, 2.24) is 0 Å². The molecule has 1 aromatic carbocycles. The van der Waals surface area contributed by atoms with Crippen molar-refractivity contribution in [2.24, 2.45) is 0 Å². The van der Waals surface area contributed by atoms with Crippen LogP contribution in [0.15, 0.2) is 24.3 Å². The highest BCUT2D eigenvalue weighted by Crippen LogP contribution is 2.31. The molecule has 1 N–H and O–H groups in total. The quantitative estimate of drug-likeness (QED) is 0.759. The van der Waals surface area contributed by atoms with E-state index in [1.54, 1.807) is 6.07 Å². The Morgan fingerprint density at radius 3 is 2.56 bits per heavy atom. The molecule has 0 amide bonds. The molecule has 0 fully saturated rings. The summed E-state index contributed by atoms with van der Waals surface area (Å²) in [6.45, 7) is 6.30. The third-order valence-electron chi connectivity index (χ3n) is 2.43. The molecule has 0 unspecified atom stereocenters. The number of hydrogen-bond donors (Lipinski definition) is 2. The molecule has 0 bridgehead atoms. The van der Waals surface area contributed by atoms with Gasteiger partial charge < -0.3 is 5.11 Å². The molecule has 0 aliphatic carbocycles. The molecule has 0 aliphatic heterocycles. The molecule has 1 nitrogen and oxygen atoms in total. The molecule has 0 saturated heterocycles. The van der Waals surface area contributed by atoms with Gasteiger partial charge in [-0.25, -0.2) is 0 Å². The predicted octanol–water partition coefficient (Wildman–Crippen LogP) is 4.02. The van der Waals surface area contributed by atoms with Crippen molar-refractivity contribution in [1.29, 1.82) is 0 Å². The predicted molar refractivity (Wildman–Crippen MR) is 74.3 cm³/mol. The zero-order chi connectivity index (χ0) is 12.2. The van der Waals surface area contributed by atoms with E-state index in [0.717, 1.165) is 23.3 Å². The van der Waals surface area contributed by atoms with Crippen LogP contribution in [-0.4, -0.2) is 10.9 Å². The highest BCUT2D eigenvalue weighted by molar-refractivity contribution is 7.80. The lowest BCUT2D eigenvalue weighted by Crippen LogP contribution is -2.11. The number of phenols is 1. The van der Waals surface area contributed by atoms with Gasteiger partial charge in [-0.3, -0.25) is 0 Å². The fourth-order valence-electron chi connectivity index (χ4n) is 1.55. The summed E-state index contributed by atoms with van der Waals surface area (Å²) in [7, 11) is 0. The lowest BCUT2D eigenvalue weighted by molar-refractivity contribution is 0.446. The van der Waals surface area contributed by atoms with Gasteiger partial charge in [-0.2, -0.15) is 12.6 Å². The molecule has 0 radical (unpaired) electrons. The summed E-state index contributed by atoms with van der Waals surface area (Å²) in [5.41, 5.74) is 2.09. The first kappa shape index (κ1) is 13.2. The van der Waals surface area contributed by atoms with Gasteiger partial charge in [0, 0.05) is 0 Å². The van der Waals surface area contributed by atoms with Crippen LogP contribution in [-0.2, 0) is 5.41 Å². The van der Waals surface area contributed by atoms with Gasteiger partial charge in [0.25, 0.3) is 0 Å². The van der Waals surface area contributed by atoms with Crippen molar-refractivity contribution in [3.8, 4) is 5.75 Å². The number of hydrogen-bond acceptors (Lipinski definition) is 2. The first-order chi connectivity index (χ1) is 7.45. The minimum absolute atomic E-state index is 0.0303. The summed E-state index contributed by atoms with van der Waals surface area (Å²) >= 11 is 4.16. The zero-order valence-electron chi connectivity index (χ0n) is 10.2. The minimum Gasteiger partial charge on any atom is -0.508 e. The number of allylic oxidation sites excluding steroid dienone is 1. The molecule has 1 aromatic rings. The van der Waals surface area contributed by atoms with Crippen LogP contribution in [0.2, 0.25) is 0 Å². The summed E-state index contributed by atoms with van der Waals surface area (Å²) < 4.78 is 0. The Bertz CT molecular complexity index is 375. The molecule has 0 aromatic heterocycles. The number of phenolic OH excluding ortho intramolecular Hbond substituents is 1. The lowest BCUT2D eigenvalue weighted by Gasteiger charge is -2.20. The van der Waals surface area contributed by atoms with E-state index >= 15 is 0 Å². The first-order valence-electron chi connectivity index (χ1n) is 5.56. The highest BCUT2D eigenvalue weighted by atomic mass is 32.1. The van der Waals surface area contributed by atoms with E-state index in [2.05, 4.69) is 45.6 Å². The van der Waals surface area contributed by atoms with Crippen molar-refractivity contribution in [2.75, 3.05) is 5.75 Å². The smallest absolute Gasteiger partial charge is 0.119 e. The summed E-state index contributed by atoms with van der Waals surface area (Å²) in [5, 5.41) is 9.81. The van der Waals surface area contributed by atoms with E-state index in [0.29, 0.717) is 5.75 Å². The molecule has 88 valence electrons. The van der Waals surface area contributed by atoms with Gasteiger partial charge in [-0.15, -0.1) is 0 Å². The van der Waals surface area contributed by atoms with Gasteiger partial charge in [0.2, 0.25) is 0 Å². The molecule has 0 atom stereocenters. The van der Waals surface area contributed by atoms with Crippen LogP contribution in [0.3, 0.4) is 0 Å². The number of benzene rings is 1. The Labute approximate surface area is 104 Å². The fraction of sp³-hybridized carbons (Fsp3) is 0.429. The van der Waals surface area contributed by atoms with E-state index in [4.69, 9.17) is 0 Å². The average Bonchev–Trinajstić information content (AvgIpc) is 2.19. The van der Waals surface area contributed by atoms with Gasteiger partial charge in [0.05, 0.1) is 0 Å². The maximum absolute atomic E-state index is 9.81. The second kappa shape index (κ2) is 5.44. The Kier molecular flexibility index (Phi) is 4.48. The Hall–Kier alpha value is -0.890. The first-order valence-corrected chi connectivity index (χ1v) is 6.19. The maximum Gasteiger partial charge on any atom is 0.119 e. The van der Waals surface area contributed by atoms with Crippen molar-refractivity contribution < 1.29 is 5.11 Å². The standard InChI is InChI=1S/C14H20OS/c1-14(2,3)12-10-11(6-4-5-9-16)7-8-13(12)15/h4,6-8,10,15-16H,5,9H2,1-3H3. The van der Waals surface area contributed by atoms with E-state index in [1.165, 1.54) is 0 Å². The van der Waals surface area contributed by atoms with Crippen LogP contribution in [0.5, 0.6) is 5.75 Å². The van der Waals surface area contributed by atoms with Crippen molar-refractivity contribution in [3.05, 3.63) is 35.4 Å². The van der Waals surface area contributed by atoms with Gasteiger partial charge in [0.15, 0.2) is 0 Å². The van der Waals surface area contributed by atoms with E-state index in [9.17, 15) is 5.11 Å². The summed E-state index contributed by atoms with van der Waals surface area (Å²) in [6.07, 6.45) is 5.14. The number of rotatable bonds is 3. The molecule has 0 spiro atoms. The Morgan fingerprint density at radius 2 is 2.00 bits per heavy atom. The second-order valence-corrected chi connectivity index (χ2v) is 5.39. The van der Waals surface area contributed by atoms with Crippen molar-refractivity contribution in [3.63, 3.8) is 0 Å². The molecule has 1 rings (SSSR count). The van der Waals surface area contributed by atoms with Crippen LogP contribution < -0.4 is 0 Å². The van der Waals surface area contributed by atoms with Crippen molar-refractivity contribution in [2.45, 2.75) is 32.6 Å². The summed E-state index contributed by atoms with van der Waals surface area (Å²) in [5.74, 6) is 1.24. The molecule has 2 heteroatoms. The molecule has 16 heavy (non-hydrogen) atoms. The monoisotopic (exact) mass is 236 g/mol. The lowest BCUT2D eigenvalue weighted by atomic mass is 9.85. The van der Waals surface area contributed by atoms with Crippen LogP contribution in [0.25, 0.3) is 6.08 Å². The molecule has 0 saturated carbocycles. The highest BCUT2D eigenvalue weighted by Gasteiger charge is 2.17. The third kappa shape index (κ3) is 3.60. The topological polar surface area (TPSA) is 20.2 Å². The minimum atomic E-state index is -0.0303. The Balaban J connectivity index is 2.99. The third-order valence-corrected chi connectivity index (χ3v) is 2.69. The zero-order valence-corrected chi connectivity index (χ0v) is 11.1. The average molecular weight is 236 g/mol. The van der Waals surface area contributed by atoms with Gasteiger partial charge >= 0.3 is 0 Å². The normalized spacial score (nSPS) is 12.2. The molecule has 0 heterocycles. The van der Waals surface area contributed by atoms with E-state index in [1.807, 2.05) is 12.1 Å². The van der Waals surface area contributed by atoms with E-state index < -0.39 is 0 Å². The van der Waals surface area contributed by atoms with Gasteiger partial charge in [-0.05, 0) is 40.8 Å².